The zero-order chi connectivity index (χ0) is 16.4. The van der Waals surface area contributed by atoms with Gasteiger partial charge in [0.2, 0.25) is 0 Å². The average molecular weight is 313 g/mol. The van der Waals surface area contributed by atoms with E-state index in [9.17, 15) is 0 Å². The number of anilines is 2. The maximum atomic E-state index is 5.97. The molecule has 0 amide bonds. The summed E-state index contributed by atoms with van der Waals surface area (Å²) < 4.78 is 5.97. The van der Waals surface area contributed by atoms with Crippen LogP contribution in [0.5, 0.6) is 0 Å². The van der Waals surface area contributed by atoms with Crippen LogP contribution in [0.3, 0.4) is 0 Å². The molecule has 0 radical (unpaired) electrons. The summed E-state index contributed by atoms with van der Waals surface area (Å²) in [5.74, 6) is 2.70. The molecular weight excluding hydrogens is 290 g/mol. The van der Waals surface area contributed by atoms with Crippen molar-refractivity contribution in [2.24, 2.45) is 0 Å². The van der Waals surface area contributed by atoms with Gasteiger partial charge >= 0.3 is 0 Å². The van der Waals surface area contributed by atoms with Gasteiger partial charge in [0, 0.05) is 32.9 Å². The normalized spacial score (nSPS) is 18.1. The minimum absolute atomic E-state index is 0.0643. The van der Waals surface area contributed by atoms with Gasteiger partial charge < -0.3 is 14.5 Å². The molecule has 6 heteroatoms. The van der Waals surface area contributed by atoms with Crippen LogP contribution in [0.4, 0.5) is 11.6 Å². The molecule has 1 aliphatic rings. The molecule has 6 nitrogen and oxygen atoms in total. The van der Waals surface area contributed by atoms with Crippen LogP contribution in [0.15, 0.2) is 24.4 Å². The van der Waals surface area contributed by atoms with Crippen LogP contribution in [-0.2, 0) is 4.74 Å². The Balaban J connectivity index is 1.85. The molecule has 3 rings (SSSR count). The Kier molecular flexibility index (Phi) is 4.43. The van der Waals surface area contributed by atoms with Crippen molar-refractivity contribution in [1.29, 1.82) is 0 Å². The first kappa shape index (κ1) is 15.7. The third-order valence-corrected chi connectivity index (χ3v) is 3.98. The third-order valence-electron chi connectivity index (χ3n) is 3.98. The van der Waals surface area contributed by atoms with E-state index in [-0.39, 0.29) is 6.10 Å². The Morgan fingerprint density at radius 3 is 2.83 bits per heavy atom. The number of aromatic nitrogens is 3. The highest BCUT2D eigenvalue weighted by Crippen LogP contribution is 2.27. The molecule has 0 unspecified atom stereocenters. The number of hydrogen-bond acceptors (Lipinski definition) is 6. The van der Waals surface area contributed by atoms with Crippen LogP contribution in [-0.4, -0.2) is 48.7 Å². The van der Waals surface area contributed by atoms with Crippen molar-refractivity contribution in [3.05, 3.63) is 41.5 Å². The minimum Gasteiger partial charge on any atom is -0.368 e. The molecule has 0 saturated carbocycles. The number of rotatable bonds is 3. The molecule has 0 aliphatic carbocycles. The van der Waals surface area contributed by atoms with Crippen molar-refractivity contribution in [3.63, 3.8) is 0 Å². The molecule has 1 atom stereocenters. The summed E-state index contributed by atoms with van der Waals surface area (Å²) in [5, 5.41) is 0. The van der Waals surface area contributed by atoms with Crippen molar-refractivity contribution >= 4 is 11.6 Å². The molecule has 23 heavy (non-hydrogen) atoms. The minimum atomic E-state index is -0.0643. The van der Waals surface area contributed by atoms with Gasteiger partial charge in [0.05, 0.1) is 18.8 Å². The maximum Gasteiger partial charge on any atom is 0.132 e. The summed E-state index contributed by atoms with van der Waals surface area (Å²) in [5.41, 5.74) is 2.11. The highest BCUT2D eigenvalue weighted by Gasteiger charge is 2.25. The van der Waals surface area contributed by atoms with Crippen molar-refractivity contribution < 1.29 is 4.74 Å². The topological polar surface area (TPSA) is 54.4 Å². The predicted octanol–water partition coefficient (Wildman–Crippen LogP) is 2.13. The second-order valence-electron chi connectivity index (χ2n) is 6.04. The van der Waals surface area contributed by atoms with E-state index in [0.29, 0.717) is 6.61 Å². The Hall–Kier alpha value is -2.21. The first-order valence-electron chi connectivity index (χ1n) is 7.85. The lowest BCUT2D eigenvalue weighted by Crippen LogP contribution is -2.39. The zero-order valence-corrected chi connectivity index (χ0v) is 14.2. The molecular formula is C17H23N5O. The van der Waals surface area contributed by atoms with Crippen molar-refractivity contribution in [3.8, 4) is 0 Å². The molecule has 2 aromatic rings. The first-order valence-corrected chi connectivity index (χ1v) is 7.85. The summed E-state index contributed by atoms with van der Waals surface area (Å²) in [7, 11) is 3.97. The summed E-state index contributed by atoms with van der Waals surface area (Å²) in [6.07, 6.45) is 1.77. The number of pyridine rings is 1. The van der Waals surface area contributed by atoms with E-state index in [4.69, 9.17) is 4.74 Å². The molecule has 122 valence electrons. The van der Waals surface area contributed by atoms with Crippen molar-refractivity contribution in [2.75, 3.05) is 43.6 Å². The molecule has 0 N–H and O–H groups in total. The van der Waals surface area contributed by atoms with Gasteiger partial charge in [-0.05, 0) is 25.5 Å². The van der Waals surface area contributed by atoms with Gasteiger partial charge in [-0.15, -0.1) is 0 Å². The number of aryl methyl sites for hydroxylation is 2. The Bertz CT molecular complexity index is 688. The largest absolute Gasteiger partial charge is 0.368 e. The van der Waals surface area contributed by atoms with Gasteiger partial charge in [-0.1, -0.05) is 6.07 Å². The maximum absolute atomic E-state index is 5.97. The van der Waals surface area contributed by atoms with Crippen molar-refractivity contribution in [1.82, 2.24) is 15.0 Å². The first-order chi connectivity index (χ1) is 11.0. The summed E-state index contributed by atoms with van der Waals surface area (Å²) >= 11 is 0. The average Bonchev–Trinajstić information content (AvgIpc) is 2.55. The molecule has 3 heterocycles. The second-order valence-corrected chi connectivity index (χ2v) is 6.04. The van der Waals surface area contributed by atoms with Gasteiger partial charge in [0.15, 0.2) is 0 Å². The van der Waals surface area contributed by atoms with E-state index in [1.165, 1.54) is 5.56 Å². The smallest absolute Gasteiger partial charge is 0.132 e. The highest BCUT2D eigenvalue weighted by molar-refractivity contribution is 5.47. The van der Waals surface area contributed by atoms with Crippen molar-refractivity contribution in [2.45, 2.75) is 20.0 Å². The van der Waals surface area contributed by atoms with Gasteiger partial charge in [0.1, 0.15) is 23.6 Å². The summed E-state index contributed by atoms with van der Waals surface area (Å²) in [4.78, 5) is 17.8. The summed E-state index contributed by atoms with van der Waals surface area (Å²) in [6, 6.07) is 6.06. The van der Waals surface area contributed by atoms with E-state index < -0.39 is 0 Å². The van der Waals surface area contributed by atoms with Crippen LogP contribution in [0.2, 0.25) is 0 Å². The highest BCUT2D eigenvalue weighted by atomic mass is 16.5. The molecule has 0 spiro atoms. The standard InChI is InChI=1S/C17H23N5O/c1-12-6-5-7-18-17(12)22-8-9-23-15(11-22)14-10-16(21(3)4)20-13(2)19-14/h5-7,10,15H,8-9,11H2,1-4H3/t15-/m1/s1. The SMILES string of the molecule is Cc1nc([C@H]2CN(c3ncccc3C)CCO2)cc(N(C)C)n1. The number of ether oxygens (including phenoxy) is 1. The zero-order valence-electron chi connectivity index (χ0n) is 14.2. The molecule has 1 saturated heterocycles. The molecule has 2 aromatic heterocycles. The van der Waals surface area contributed by atoms with Gasteiger partial charge in [-0.3, -0.25) is 0 Å². The van der Waals surface area contributed by atoms with Gasteiger partial charge in [-0.25, -0.2) is 15.0 Å². The fraction of sp³-hybridized carbons (Fsp3) is 0.471. The van der Waals surface area contributed by atoms with E-state index in [1.807, 2.05) is 44.2 Å². The predicted molar refractivity (Wildman–Crippen MR) is 91.0 cm³/mol. The van der Waals surface area contributed by atoms with Crippen LogP contribution in [0.25, 0.3) is 0 Å². The molecule has 1 aliphatic heterocycles. The van der Waals surface area contributed by atoms with E-state index in [1.54, 1.807) is 0 Å². The number of hydrogen-bond donors (Lipinski definition) is 0. The lowest BCUT2D eigenvalue weighted by atomic mass is 10.1. The third kappa shape index (κ3) is 3.42. The van der Waals surface area contributed by atoms with Gasteiger partial charge in [-0.2, -0.15) is 0 Å². The van der Waals surface area contributed by atoms with Crippen LogP contribution in [0, 0.1) is 13.8 Å². The fourth-order valence-corrected chi connectivity index (χ4v) is 2.80. The molecule has 1 fully saturated rings. The monoisotopic (exact) mass is 313 g/mol. The quantitative estimate of drug-likeness (QED) is 0.865. The lowest BCUT2D eigenvalue weighted by molar-refractivity contribution is 0.0365. The Morgan fingerprint density at radius 2 is 2.09 bits per heavy atom. The molecule has 0 bridgehead atoms. The lowest BCUT2D eigenvalue weighted by Gasteiger charge is -2.34. The number of nitrogens with zero attached hydrogens (tertiary/aromatic N) is 5. The van der Waals surface area contributed by atoms with Crippen LogP contribution in [0.1, 0.15) is 23.2 Å². The Morgan fingerprint density at radius 1 is 1.26 bits per heavy atom. The second kappa shape index (κ2) is 6.50. The van der Waals surface area contributed by atoms with Gasteiger partial charge in [0.25, 0.3) is 0 Å². The summed E-state index contributed by atoms with van der Waals surface area (Å²) in [6.45, 7) is 6.27. The fourth-order valence-electron chi connectivity index (χ4n) is 2.80. The van der Waals surface area contributed by atoms with Crippen LogP contribution >= 0.6 is 0 Å². The van der Waals surface area contributed by atoms with E-state index >= 15 is 0 Å². The van der Waals surface area contributed by atoms with Crippen LogP contribution < -0.4 is 9.80 Å². The molecule has 0 aromatic carbocycles. The van der Waals surface area contributed by atoms with E-state index in [2.05, 4.69) is 32.8 Å². The Labute approximate surface area is 137 Å². The number of morpholine rings is 1. The van der Waals surface area contributed by atoms with E-state index in [0.717, 1.165) is 36.2 Å².